The van der Waals surface area contributed by atoms with E-state index in [1.54, 1.807) is 0 Å². The monoisotopic (exact) mass is 243 g/mol. The van der Waals surface area contributed by atoms with E-state index in [4.69, 9.17) is 10.8 Å². The fourth-order valence-electron chi connectivity index (χ4n) is 1.85. The van der Waals surface area contributed by atoms with Crippen LogP contribution in [0.25, 0.3) is 0 Å². The molecule has 0 unspecified atom stereocenters. The molecule has 1 saturated heterocycles. The van der Waals surface area contributed by atoms with Crippen molar-refractivity contribution in [1.82, 2.24) is 10.6 Å². The third kappa shape index (κ3) is 5.65. The minimum absolute atomic E-state index is 0.118. The first kappa shape index (κ1) is 13.9. The molecule has 5 N–H and O–H groups in total. The highest BCUT2D eigenvalue weighted by Crippen LogP contribution is 2.08. The Labute approximate surface area is 101 Å². The molecule has 0 aromatic carbocycles. The molecule has 1 aliphatic rings. The van der Waals surface area contributed by atoms with Crippen molar-refractivity contribution in [3.05, 3.63) is 0 Å². The molecule has 1 amide bonds. The van der Waals surface area contributed by atoms with Crippen molar-refractivity contribution < 1.29 is 14.7 Å². The maximum absolute atomic E-state index is 11.4. The maximum atomic E-state index is 11.4. The summed E-state index contributed by atoms with van der Waals surface area (Å²) in [7, 11) is 0. The predicted molar refractivity (Wildman–Crippen MR) is 63.4 cm³/mol. The molecule has 6 nitrogen and oxygen atoms in total. The van der Waals surface area contributed by atoms with Gasteiger partial charge in [0.15, 0.2) is 0 Å². The van der Waals surface area contributed by atoms with Crippen LogP contribution in [0.1, 0.15) is 25.7 Å². The van der Waals surface area contributed by atoms with Crippen molar-refractivity contribution in [2.75, 3.05) is 19.6 Å². The van der Waals surface area contributed by atoms with Crippen molar-refractivity contribution in [3.8, 4) is 0 Å². The van der Waals surface area contributed by atoms with E-state index in [0.717, 1.165) is 25.9 Å². The summed E-state index contributed by atoms with van der Waals surface area (Å²) in [6.45, 7) is 2.65. The Morgan fingerprint density at radius 3 is 2.88 bits per heavy atom. The second kappa shape index (κ2) is 7.24. The van der Waals surface area contributed by atoms with Gasteiger partial charge in [-0.2, -0.15) is 0 Å². The molecule has 0 aromatic rings. The summed E-state index contributed by atoms with van der Waals surface area (Å²) in [4.78, 5) is 21.9. The van der Waals surface area contributed by atoms with Crippen LogP contribution in [-0.2, 0) is 9.59 Å². The molecule has 0 saturated carbocycles. The smallest absolute Gasteiger partial charge is 0.320 e. The number of aliphatic carboxylic acids is 1. The summed E-state index contributed by atoms with van der Waals surface area (Å²) in [5.41, 5.74) is 5.31. The van der Waals surface area contributed by atoms with Crippen molar-refractivity contribution in [3.63, 3.8) is 0 Å². The van der Waals surface area contributed by atoms with Crippen LogP contribution in [0, 0.1) is 5.92 Å². The van der Waals surface area contributed by atoms with Gasteiger partial charge in [-0.3, -0.25) is 9.59 Å². The zero-order chi connectivity index (χ0) is 12.7. The topological polar surface area (TPSA) is 104 Å². The number of carboxylic acids is 1. The molecule has 17 heavy (non-hydrogen) atoms. The second-order valence-electron chi connectivity index (χ2n) is 4.50. The number of carboxylic acid groups (broad SMARTS) is 1. The number of rotatable bonds is 6. The van der Waals surface area contributed by atoms with Crippen LogP contribution in [0.3, 0.4) is 0 Å². The van der Waals surface area contributed by atoms with Gasteiger partial charge in [0.2, 0.25) is 5.91 Å². The summed E-state index contributed by atoms with van der Waals surface area (Å²) < 4.78 is 0. The van der Waals surface area contributed by atoms with Gasteiger partial charge in [-0.15, -0.1) is 0 Å². The number of nitrogens with one attached hydrogen (secondary N) is 2. The lowest BCUT2D eigenvalue weighted by Crippen LogP contribution is -2.38. The van der Waals surface area contributed by atoms with Gasteiger partial charge in [0.25, 0.3) is 0 Å². The lowest BCUT2D eigenvalue weighted by Gasteiger charge is -2.22. The van der Waals surface area contributed by atoms with Gasteiger partial charge >= 0.3 is 5.97 Å². The Balaban J connectivity index is 2.10. The average Bonchev–Trinajstić information content (AvgIpc) is 2.34. The van der Waals surface area contributed by atoms with Crippen LogP contribution in [-0.4, -0.2) is 42.7 Å². The first-order valence-corrected chi connectivity index (χ1v) is 6.05. The standard InChI is InChI=1S/C11H21N3O3/c12-9(11(16)17)3-4-10(15)14-7-8-2-1-5-13-6-8/h8-9,13H,1-7,12H2,(H,14,15)(H,16,17)/t8-,9-/m0/s1. The third-order valence-electron chi connectivity index (χ3n) is 2.99. The van der Waals surface area contributed by atoms with Crippen LogP contribution in [0.2, 0.25) is 0 Å². The number of amides is 1. The second-order valence-corrected chi connectivity index (χ2v) is 4.50. The SMILES string of the molecule is N[C@@H](CCC(=O)NC[C@H]1CCCNC1)C(=O)O. The van der Waals surface area contributed by atoms with Crippen molar-refractivity contribution >= 4 is 11.9 Å². The average molecular weight is 243 g/mol. The minimum atomic E-state index is -1.06. The van der Waals surface area contributed by atoms with Gasteiger partial charge in [-0.1, -0.05) is 0 Å². The van der Waals surface area contributed by atoms with E-state index in [2.05, 4.69) is 10.6 Å². The molecule has 2 atom stereocenters. The van der Waals surface area contributed by atoms with Crippen LogP contribution < -0.4 is 16.4 Å². The lowest BCUT2D eigenvalue weighted by atomic mass is 10.00. The van der Waals surface area contributed by atoms with E-state index < -0.39 is 12.0 Å². The summed E-state index contributed by atoms with van der Waals surface area (Å²) in [5, 5.41) is 14.7. The summed E-state index contributed by atoms with van der Waals surface area (Å²) in [6.07, 6.45) is 2.63. The Bertz CT molecular complexity index is 265. The highest BCUT2D eigenvalue weighted by atomic mass is 16.4. The lowest BCUT2D eigenvalue weighted by molar-refractivity contribution is -0.138. The Morgan fingerprint density at radius 1 is 1.53 bits per heavy atom. The van der Waals surface area contributed by atoms with E-state index in [1.807, 2.05) is 0 Å². The van der Waals surface area contributed by atoms with Crippen molar-refractivity contribution in [2.45, 2.75) is 31.7 Å². The van der Waals surface area contributed by atoms with Gasteiger partial charge in [0.1, 0.15) is 6.04 Å². The van der Waals surface area contributed by atoms with E-state index in [9.17, 15) is 9.59 Å². The summed E-state index contributed by atoms with van der Waals surface area (Å²) in [6, 6.07) is -0.947. The summed E-state index contributed by atoms with van der Waals surface area (Å²) >= 11 is 0. The van der Waals surface area contributed by atoms with E-state index >= 15 is 0 Å². The molecule has 0 bridgehead atoms. The molecule has 6 heteroatoms. The molecule has 1 heterocycles. The largest absolute Gasteiger partial charge is 0.480 e. The van der Waals surface area contributed by atoms with E-state index in [1.165, 1.54) is 0 Å². The molecular formula is C11H21N3O3. The number of nitrogens with two attached hydrogens (primary N) is 1. The molecule has 0 aliphatic carbocycles. The van der Waals surface area contributed by atoms with Gasteiger partial charge in [0, 0.05) is 13.0 Å². The van der Waals surface area contributed by atoms with Gasteiger partial charge < -0.3 is 21.5 Å². The molecule has 1 fully saturated rings. The van der Waals surface area contributed by atoms with Gasteiger partial charge in [-0.25, -0.2) is 0 Å². The highest BCUT2D eigenvalue weighted by Gasteiger charge is 2.16. The van der Waals surface area contributed by atoms with Crippen LogP contribution >= 0.6 is 0 Å². The highest BCUT2D eigenvalue weighted by molar-refractivity contribution is 5.78. The van der Waals surface area contributed by atoms with Crippen LogP contribution in [0.15, 0.2) is 0 Å². The third-order valence-corrected chi connectivity index (χ3v) is 2.99. The first-order chi connectivity index (χ1) is 8.09. The normalized spacial score (nSPS) is 21.8. The molecule has 1 aliphatic heterocycles. The van der Waals surface area contributed by atoms with Crippen molar-refractivity contribution in [1.29, 1.82) is 0 Å². The Morgan fingerprint density at radius 2 is 2.29 bits per heavy atom. The van der Waals surface area contributed by atoms with Crippen LogP contribution in [0.5, 0.6) is 0 Å². The van der Waals surface area contributed by atoms with E-state index in [-0.39, 0.29) is 18.7 Å². The number of hydrogen-bond acceptors (Lipinski definition) is 4. The van der Waals surface area contributed by atoms with Crippen molar-refractivity contribution in [2.24, 2.45) is 11.7 Å². The fraction of sp³-hybridized carbons (Fsp3) is 0.818. The van der Waals surface area contributed by atoms with Crippen LogP contribution in [0.4, 0.5) is 0 Å². The van der Waals surface area contributed by atoms with E-state index in [0.29, 0.717) is 12.5 Å². The predicted octanol–water partition coefficient (Wildman–Crippen LogP) is -0.706. The number of carbonyl (C=O) groups is 2. The number of piperidine rings is 1. The number of hydrogen-bond donors (Lipinski definition) is 4. The molecule has 1 rings (SSSR count). The Hall–Kier alpha value is -1.14. The zero-order valence-electron chi connectivity index (χ0n) is 9.95. The fourth-order valence-corrected chi connectivity index (χ4v) is 1.85. The number of carbonyl (C=O) groups excluding carboxylic acids is 1. The molecule has 0 aromatic heterocycles. The molecule has 0 radical (unpaired) electrons. The molecule has 0 spiro atoms. The minimum Gasteiger partial charge on any atom is -0.480 e. The quantitative estimate of drug-likeness (QED) is 0.493. The summed E-state index contributed by atoms with van der Waals surface area (Å²) in [5.74, 6) is -0.692. The molecule has 98 valence electrons. The van der Waals surface area contributed by atoms with Gasteiger partial charge in [0.05, 0.1) is 0 Å². The maximum Gasteiger partial charge on any atom is 0.320 e. The molecular weight excluding hydrogens is 222 g/mol. The van der Waals surface area contributed by atoms with Gasteiger partial charge in [-0.05, 0) is 38.3 Å². The Kier molecular flexibility index (Phi) is 5.93. The first-order valence-electron chi connectivity index (χ1n) is 6.05. The zero-order valence-corrected chi connectivity index (χ0v) is 9.95.